The van der Waals surface area contributed by atoms with E-state index in [0.717, 1.165) is 22.7 Å². The fourth-order valence-electron chi connectivity index (χ4n) is 14.9. The van der Waals surface area contributed by atoms with Gasteiger partial charge in [0.15, 0.2) is 0 Å². The number of aromatic nitrogens is 1. The molecule has 0 bridgehead atoms. The molecule has 0 spiro atoms. The van der Waals surface area contributed by atoms with Crippen LogP contribution in [-0.2, 0) is 10.8 Å². The second-order valence-corrected chi connectivity index (χ2v) is 23.1. The molecule has 1 heterocycles. The molecule has 15 aromatic rings. The Morgan fingerprint density at radius 2 is 0.756 bits per heavy atom. The highest BCUT2D eigenvalue weighted by Crippen LogP contribution is 2.58. The van der Waals surface area contributed by atoms with Gasteiger partial charge >= 0.3 is 0 Å². The number of anilines is 3. The molecule has 2 heteroatoms. The SMILES string of the molecule is CC1(C)c2cc(-c3ccc4c(c3)c3ccccc3n4-c3ccc4c(c3)C(c3ccccc3)(c3ccccc3)c3ccccc3-4)ccc2-c2ccc(N(c3cc4ccccc4c4ccccc34)c3cc4ccccc4c4ccccc34)cc21. The number of rotatable bonds is 7. The summed E-state index contributed by atoms with van der Waals surface area (Å²) in [5.41, 5.74) is 21.6. The Kier molecular flexibility index (Phi) is 10.0. The minimum atomic E-state index is -0.490. The van der Waals surface area contributed by atoms with Crippen LogP contribution in [0, 0.1) is 0 Å². The largest absolute Gasteiger partial charge is 0.309 e. The van der Waals surface area contributed by atoms with Crippen LogP contribution >= 0.6 is 0 Å². The van der Waals surface area contributed by atoms with Gasteiger partial charge in [0.2, 0.25) is 0 Å². The van der Waals surface area contributed by atoms with E-state index in [9.17, 15) is 0 Å². The molecule has 0 unspecified atom stereocenters. The third kappa shape index (κ3) is 6.58. The predicted octanol–water partition coefficient (Wildman–Crippen LogP) is 21.2. The van der Waals surface area contributed by atoms with Crippen molar-refractivity contribution in [3.8, 4) is 39.1 Å². The highest BCUT2D eigenvalue weighted by molar-refractivity contribution is 6.19. The van der Waals surface area contributed by atoms with Crippen molar-refractivity contribution in [2.75, 3.05) is 4.90 Å². The lowest BCUT2D eigenvalue weighted by Gasteiger charge is -2.34. The van der Waals surface area contributed by atoms with Crippen molar-refractivity contribution in [1.29, 1.82) is 0 Å². The van der Waals surface area contributed by atoms with Gasteiger partial charge in [0.05, 0.1) is 27.8 Å². The number of fused-ring (bicyclic) bond motifs is 15. The first-order valence-corrected chi connectivity index (χ1v) is 28.7. The van der Waals surface area contributed by atoms with Gasteiger partial charge in [-0.05, 0) is 160 Å². The molecule has 384 valence electrons. The standard InChI is InChI=1S/C80H54N2/c1-79(2)72-46-52(51-38-44-76-70(45-51)69-34-18-20-36-75(69)81(76)58-40-43-66-63-31-17-19-35-71(63)80(74(66)50-58,55-23-5-3-6-24-55)56-25-7-4-8-26-56)37-41-64(72)65-42-39-57(49-73(65)79)82(77-47-53-21-9-11-27-59(53)61-29-13-15-32-67(61)77)78-48-54-22-10-12-28-60(54)62-30-14-16-33-68(62)78/h3-50H,1-2H3. The van der Waals surface area contributed by atoms with Crippen molar-refractivity contribution in [3.05, 3.63) is 325 Å². The van der Waals surface area contributed by atoms with Crippen LogP contribution in [0.4, 0.5) is 17.1 Å². The number of benzene rings is 14. The average molecular weight is 1040 g/mol. The van der Waals surface area contributed by atoms with Gasteiger partial charge in [-0.2, -0.15) is 0 Å². The van der Waals surface area contributed by atoms with E-state index >= 15 is 0 Å². The molecule has 2 nitrogen and oxygen atoms in total. The summed E-state index contributed by atoms with van der Waals surface area (Å²) in [4.78, 5) is 2.55. The summed E-state index contributed by atoms with van der Waals surface area (Å²) in [6.45, 7) is 4.84. The van der Waals surface area contributed by atoms with E-state index in [1.807, 2.05) is 0 Å². The molecule has 0 atom stereocenters. The van der Waals surface area contributed by atoms with Crippen LogP contribution in [0.25, 0.3) is 104 Å². The van der Waals surface area contributed by atoms with Gasteiger partial charge in [-0.15, -0.1) is 0 Å². The molecule has 0 amide bonds. The molecule has 2 aliphatic rings. The molecule has 14 aromatic carbocycles. The second-order valence-electron chi connectivity index (χ2n) is 23.1. The van der Waals surface area contributed by atoms with Crippen molar-refractivity contribution < 1.29 is 0 Å². The van der Waals surface area contributed by atoms with Gasteiger partial charge in [-0.1, -0.05) is 244 Å². The van der Waals surface area contributed by atoms with Gasteiger partial charge in [0.1, 0.15) is 0 Å². The Morgan fingerprint density at radius 3 is 1.41 bits per heavy atom. The van der Waals surface area contributed by atoms with Gasteiger partial charge in [-0.25, -0.2) is 0 Å². The third-order valence-corrected chi connectivity index (χ3v) is 18.6. The van der Waals surface area contributed by atoms with E-state index in [1.54, 1.807) is 0 Å². The van der Waals surface area contributed by atoms with Crippen molar-refractivity contribution in [2.45, 2.75) is 24.7 Å². The quantitative estimate of drug-likeness (QED) is 0.144. The summed E-state index contributed by atoms with van der Waals surface area (Å²) < 4.78 is 2.49. The number of hydrogen-bond acceptors (Lipinski definition) is 1. The summed E-state index contributed by atoms with van der Waals surface area (Å²) in [5, 5.41) is 12.4. The topological polar surface area (TPSA) is 8.17 Å². The summed E-state index contributed by atoms with van der Waals surface area (Å²) in [6, 6.07) is 109. The van der Waals surface area contributed by atoms with Crippen LogP contribution in [-0.4, -0.2) is 4.57 Å². The molecule has 17 rings (SSSR count). The summed E-state index contributed by atoms with van der Waals surface area (Å²) in [5.74, 6) is 0. The van der Waals surface area contributed by atoms with E-state index in [1.165, 1.54) is 132 Å². The second kappa shape index (κ2) is 17.6. The normalized spacial score (nSPS) is 13.7. The highest BCUT2D eigenvalue weighted by Gasteiger charge is 2.46. The molecule has 1 aromatic heterocycles. The van der Waals surface area contributed by atoms with E-state index in [4.69, 9.17) is 0 Å². The monoisotopic (exact) mass is 1040 g/mol. The number of nitrogens with zero attached hydrogens (tertiary/aromatic N) is 2. The summed E-state index contributed by atoms with van der Waals surface area (Å²) in [6.07, 6.45) is 0. The lowest BCUT2D eigenvalue weighted by molar-refractivity contribution is 0.660. The summed E-state index contributed by atoms with van der Waals surface area (Å²) >= 11 is 0. The molecule has 0 fully saturated rings. The molecule has 82 heavy (non-hydrogen) atoms. The Morgan fingerprint density at radius 1 is 0.293 bits per heavy atom. The smallest absolute Gasteiger partial charge is 0.0714 e. The number of hydrogen-bond donors (Lipinski definition) is 0. The van der Waals surface area contributed by atoms with Gasteiger partial charge in [0.25, 0.3) is 0 Å². The van der Waals surface area contributed by atoms with Crippen LogP contribution in [0.15, 0.2) is 291 Å². The first-order valence-electron chi connectivity index (χ1n) is 28.7. The first-order chi connectivity index (χ1) is 40.4. The Hall–Kier alpha value is -10.3. The Labute approximate surface area is 477 Å². The zero-order valence-corrected chi connectivity index (χ0v) is 45.6. The maximum atomic E-state index is 2.55. The van der Waals surface area contributed by atoms with Crippen molar-refractivity contribution >= 4 is 82.0 Å². The lowest BCUT2D eigenvalue weighted by atomic mass is 9.67. The van der Waals surface area contributed by atoms with Crippen molar-refractivity contribution in [1.82, 2.24) is 4.57 Å². The molecule has 0 aliphatic heterocycles. The third-order valence-electron chi connectivity index (χ3n) is 18.6. The van der Waals surface area contributed by atoms with Gasteiger partial charge in [-0.3, -0.25) is 0 Å². The van der Waals surface area contributed by atoms with Crippen LogP contribution in [0.5, 0.6) is 0 Å². The van der Waals surface area contributed by atoms with Crippen LogP contribution in [0.1, 0.15) is 47.2 Å². The van der Waals surface area contributed by atoms with Crippen LogP contribution < -0.4 is 4.90 Å². The molecule has 0 radical (unpaired) electrons. The lowest BCUT2D eigenvalue weighted by Crippen LogP contribution is -2.28. The first kappa shape index (κ1) is 46.6. The highest BCUT2D eigenvalue weighted by atomic mass is 15.1. The van der Waals surface area contributed by atoms with Crippen molar-refractivity contribution in [2.24, 2.45) is 0 Å². The fraction of sp³-hybridized carbons (Fsp3) is 0.0500. The van der Waals surface area contributed by atoms with Crippen LogP contribution in [0.3, 0.4) is 0 Å². The molecular weight excluding hydrogens is 989 g/mol. The molecular formula is C80H54N2. The average Bonchev–Trinajstić information content (AvgIpc) is 4.15. The zero-order chi connectivity index (χ0) is 54.3. The van der Waals surface area contributed by atoms with E-state index in [0.29, 0.717) is 0 Å². The maximum Gasteiger partial charge on any atom is 0.0714 e. The molecule has 2 aliphatic carbocycles. The molecule has 0 saturated carbocycles. The van der Waals surface area contributed by atoms with E-state index < -0.39 is 5.41 Å². The van der Waals surface area contributed by atoms with Gasteiger partial charge < -0.3 is 9.47 Å². The molecule has 0 saturated heterocycles. The summed E-state index contributed by atoms with van der Waals surface area (Å²) in [7, 11) is 0. The minimum absolute atomic E-state index is 0.290. The fourth-order valence-corrected chi connectivity index (χ4v) is 14.9. The zero-order valence-electron chi connectivity index (χ0n) is 45.6. The maximum absolute atomic E-state index is 2.55. The van der Waals surface area contributed by atoms with Gasteiger partial charge in [0, 0.05) is 38.3 Å². The Balaban J connectivity index is 0.798. The van der Waals surface area contributed by atoms with E-state index in [-0.39, 0.29) is 5.41 Å². The van der Waals surface area contributed by atoms with E-state index in [2.05, 4.69) is 315 Å². The van der Waals surface area contributed by atoms with Crippen molar-refractivity contribution in [3.63, 3.8) is 0 Å². The Bertz CT molecular complexity index is 4980. The predicted molar refractivity (Wildman–Crippen MR) is 346 cm³/mol. The van der Waals surface area contributed by atoms with Crippen LogP contribution in [0.2, 0.25) is 0 Å². The molecule has 0 N–H and O–H groups in total. The number of para-hydroxylation sites is 1. The minimum Gasteiger partial charge on any atom is -0.309 e.